The number of rotatable bonds is 5. The van der Waals surface area contributed by atoms with Gasteiger partial charge in [0.05, 0.1) is 20.3 Å². The van der Waals surface area contributed by atoms with Crippen LogP contribution in [0.2, 0.25) is 0 Å². The quantitative estimate of drug-likeness (QED) is 0.475. The van der Waals surface area contributed by atoms with E-state index in [0.717, 1.165) is 21.3 Å². The van der Waals surface area contributed by atoms with E-state index in [9.17, 15) is 4.39 Å². The van der Waals surface area contributed by atoms with Crippen molar-refractivity contribution in [1.82, 2.24) is 0 Å². The van der Waals surface area contributed by atoms with Gasteiger partial charge in [0, 0.05) is 8.04 Å². The van der Waals surface area contributed by atoms with Crippen LogP contribution in [-0.2, 0) is 18.0 Å². The molecule has 0 saturated carbocycles. The zero-order valence-corrected chi connectivity index (χ0v) is 14.6. The number of ether oxygens (including phenoxy) is 2. The number of halogens is 3. The van der Waals surface area contributed by atoms with Gasteiger partial charge in [0.2, 0.25) is 0 Å². The van der Waals surface area contributed by atoms with Gasteiger partial charge in [0.25, 0.3) is 0 Å². The molecule has 0 unspecified atom stereocenters. The van der Waals surface area contributed by atoms with Crippen LogP contribution in [0.3, 0.4) is 0 Å². The van der Waals surface area contributed by atoms with Crippen LogP contribution < -0.4 is 4.74 Å². The third-order valence-corrected chi connectivity index (χ3v) is 4.34. The van der Waals surface area contributed by atoms with E-state index in [1.807, 2.05) is 46.9 Å². The SMILES string of the molecule is COc1ccc(COCc2cc(F)c(I)cc2Br)cc1. The van der Waals surface area contributed by atoms with E-state index in [0.29, 0.717) is 16.8 Å². The molecular formula is C15H13BrFIO2. The van der Waals surface area contributed by atoms with Crippen LogP contribution in [0.4, 0.5) is 4.39 Å². The normalized spacial score (nSPS) is 10.6. The second kappa shape index (κ2) is 7.38. The first kappa shape index (κ1) is 15.7. The summed E-state index contributed by atoms with van der Waals surface area (Å²) in [5.74, 6) is 0.591. The van der Waals surface area contributed by atoms with E-state index < -0.39 is 0 Å². The van der Waals surface area contributed by atoms with Gasteiger partial charge in [-0.25, -0.2) is 4.39 Å². The molecule has 0 saturated heterocycles. The summed E-state index contributed by atoms with van der Waals surface area (Å²) < 4.78 is 25.7. The molecule has 0 atom stereocenters. The molecule has 0 heterocycles. The number of hydrogen-bond acceptors (Lipinski definition) is 2. The monoisotopic (exact) mass is 450 g/mol. The Morgan fingerprint density at radius 3 is 2.50 bits per heavy atom. The maximum atomic E-state index is 13.5. The number of hydrogen-bond donors (Lipinski definition) is 0. The van der Waals surface area contributed by atoms with Crippen LogP contribution in [0.1, 0.15) is 11.1 Å². The fourth-order valence-corrected chi connectivity index (χ4v) is 3.03. The van der Waals surface area contributed by atoms with Gasteiger partial charge < -0.3 is 9.47 Å². The second-order valence-corrected chi connectivity index (χ2v) is 6.22. The summed E-state index contributed by atoms with van der Waals surface area (Å²) in [5, 5.41) is 0. The molecule has 2 rings (SSSR count). The third-order valence-electron chi connectivity index (χ3n) is 2.77. The third kappa shape index (κ3) is 4.17. The standard InChI is InChI=1S/C15H13BrFIO2/c1-19-12-4-2-10(3-5-12)8-20-9-11-6-14(17)15(18)7-13(11)16/h2-7H,8-9H2,1H3. The van der Waals surface area contributed by atoms with Gasteiger partial charge in [-0.2, -0.15) is 0 Å². The summed E-state index contributed by atoms with van der Waals surface area (Å²) in [4.78, 5) is 0. The van der Waals surface area contributed by atoms with Gasteiger partial charge in [0.1, 0.15) is 11.6 Å². The highest BCUT2D eigenvalue weighted by molar-refractivity contribution is 14.1. The Hall–Kier alpha value is -0.660. The Labute approximate surface area is 139 Å². The molecule has 20 heavy (non-hydrogen) atoms. The number of methoxy groups -OCH3 is 1. The van der Waals surface area contributed by atoms with E-state index in [4.69, 9.17) is 9.47 Å². The lowest BCUT2D eigenvalue weighted by atomic mass is 10.2. The molecule has 5 heteroatoms. The van der Waals surface area contributed by atoms with Crippen molar-refractivity contribution in [2.45, 2.75) is 13.2 Å². The van der Waals surface area contributed by atoms with E-state index >= 15 is 0 Å². The van der Waals surface area contributed by atoms with Gasteiger partial charge >= 0.3 is 0 Å². The van der Waals surface area contributed by atoms with Crippen molar-refractivity contribution in [2.24, 2.45) is 0 Å². The van der Waals surface area contributed by atoms with Crippen molar-refractivity contribution in [1.29, 1.82) is 0 Å². The molecule has 0 spiro atoms. The molecule has 2 aromatic rings. The summed E-state index contributed by atoms with van der Waals surface area (Å²) in [6, 6.07) is 10.9. The van der Waals surface area contributed by atoms with Gasteiger partial charge in [-0.1, -0.05) is 28.1 Å². The summed E-state index contributed by atoms with van der Waals surface area (Å²) in [5.41, 5.74) is 1.85. The maximum absolute atomic E-state index is 13.5. The van der Waals surface area contributed by atoms with Crippen LogP contribution in [-0.4, -0.2) is 7.11 Å². The zero-order chi connectivity index (χ0) is 14.5. The highest BCUT2D eigenvalue weighted by atomic mass is 127. The predicted molar refractivity (Wildman–Crippen MR) is 88.3 cm³/mol. The van der Waals surface area contributed by atoms with Gasteiger partial charge in [-0.05, 0) is 58.0 Å². The minimum Gasteiger partial charge on any atom is -0.497 e. The van der Waals surface area contributed by atoms with E-state index in [1.54, 1.807) is 13.2 Å². The fourth-order valence-electron chi connectivity index (χ4n) is 1.67. The van der Waals surface area contributed by atoms with Crippen molar-refractivity contribution >= 4 is 38.5 Å². The van der Waals surface area contributed by atoms with Crippen molar-refractivity contribution < 1.29 is 13.9 Å². The van der Waals surface area contributed by atoms with Crippen molar-refractivity contribution in [3.8, 4) is 5.75 Å². The molecule has 2 nitrogen and oxygen atoms in total. The van der Waals surface area contributed by atoms with Gasteiger partial charge in [0.15, 0.2) is 0 Å². The average Bonchev–Trinajstić information content (AvgIpc) is 2.45. The first-order chi connectivity index (χ1) is 9.60. The molecule has 2 aromatic carbocycles. The van der Waals surface area contributed by atoms with Crippen LogP contribution in [0.15, 0.2) is 40.9 Å². The molecule has 0 amide bonds. The van der Waals surface area contributed by atoms with E-state index in [2.05, 4.69) is 15.9 Å². The van der Waals surface area contributed by atoms with Crippen LogP contribution >= 0.6 is 38.5 Å². The molecule has 0 bridgehead atoms. The smallest absolute Gasteiger partial charge is 0.136 e. The highest BCUT2D eigenvalue weighted by Crippen LogP contribution is 2.23. The van der Waals surface area contributed by atoms with Crippen LogP contribution in [0.25, 0.3) is 0 Å². The van der Waals surface area contributed by atoms with Crippen molar-refractivity contribution in [3.63, 3.8) is 0 Å². The molecule has 0 fully saturated rings. The predicted octanol–water partition coefficient (Wildman–Crippen LogP) is 4.92. The zero-order valence-electron chi connectivity index (χ0n) is 10.8. The minimum atomic E-state index is -0.225. The minimum absolute atomic E-state index is 0.225. The second-order valence-electron chi connectivity index (χ2n) is 4.20. The first-order valence-electron chi connectivity index (χ1n) is 5.94. The lowest BCUT2D eigenvalue weighted by Crippen LogP contribution is -1.97. The lowest BCUT2D eigenvalue weighted by Gasteiger charge is -2.08. The number of benzene rings is 2. The maximum Gasteiger partial charge on any atom is 0.136 e. The first-order valence-corrected chi connectivity index (χ1v) is 7.81. The van der Waals surface area contributed by atoms with Gasteiger partial charge in [-0.3, -0.25) is 0 Å². The summed E-state index contributed by atoms with van der Waals surface area (Å²) in [6.45, 7) is 0.838. The van der Waals surface area contributed by atoms with Crippen molar-refractivity contribution in [2.75, 3.05) is 7.11 Å². The van der Waals surface area contributed by atoms with E-state index in [-0.39, 0.29) is 5.82 Å². The largest absolute Gasteiger partial charge is 0.497 e. The lowest BCUT2D eigenvalue weighted by molar-refractivity contribution is 0.106. The summed E-state index contributed by atoms with van der Waals surface area (Å²) in [7, 11) is 1.63. The molecule has 0 N–H and O–H groups in total. The molecule has 0 aliphatic rings. The van der Waals surface area contributed by atoms with Gasteiger partial charge in [-0.15, -0.1) is 0 Å². The fraction of sp³-hybridized carbons (Fsp3) is 0.200. The average molecular weight is 451 g/mol. The molecule has 0 radical (unpaired) electrons. The Balaban J connectivity index is 1.94. The topological polar surface area (TPSA) is 18.5 Å². The van der Waals surface area contributed by atoms with Crippen molar-refractivity contribution in [3.05, 3.63) is 61.4 Å². The molecule has 0 aliphatic carbocycles. The molecule has 0 aromatic heterocycles. The molecule has 0 aliphatic heterocycles. The van der Waals surface area contributed by atoms with Crippen LogP contribution in [0.5, 0.6) is 5.75 Å². The molecular weight excluding hydrogens is 438 g/mol. The Morgan fingerprint density at radius 1 is 1.15 bits per heavy atom. The summed E-state index contributed by atoms with van der Waals surface area (Å²) >= 11 is 5.38. The Kier molecular flexibility index (Phi) is 5.80. The van der Waals surface area contributed by atoms with Crippen LogP contribution in [0, 0.1) is 9.39 Å². The van der Waals surface area contributed by atoms with E-state index in [1.165, 1.54) is 6.07 Å². The Bertz CT molecular complexity index is 587. The highest BCUT2D eigenvalue weighted by Gasteiger charge is 2.06. The Morgan fingerprint density at radius 2 is 1.85 bits per heavy atom. The molecule has 106 valence electrons. The summed E-state index contributed by atoms with van der Waals surface area (Å²) in [6.07, 6.45) is 0.